The lowest BCUT2D eigenvalue weighted by molar-refractivity contribution is 0.0322. The molecule has 172 valence electrons. The molecular formula is C23H35IN4O2S. The fraction of sp³-hybridized carbons (Fsp3) is 0.522. The van der Waals surface area contributed by atoms with E-state index in [9.17, 15) is 0 Å². The number of rotatable bonds is 10. The third-order valence-electron chi connectivity index (χ3n) is 5.11. The van der Waals surface area contributed by atoms with Gasteiger partial charge in [-0.2, -0.15) is 0 Å². The van der Waals surface area contributed by atoms with E-state index in [1.54, 1.807) is 11.3 Å². The van der Waals surface area contributed by atoms with Crippen molar-refractivity contribution in [3.8, 4) is 5.75 Å². The molecule has 0 bridgehead atoms. The molecule has 2 heterocycles. The molecule has 1 N–H and O–H groups in total. The average Bonchev–Trinajstić information content (AvgIpc) is 3.30. The van der Waals surface area contributed by atoms with Gasteiger partial charge in [0.1, 0.15) is 12.4 Å². The summed E-state index contributed by atoms with van der Waals surface area (Å²) in [5, 5.41) is 5.54. The quantitative estimate of drug-likeness (QED) is 0.274. The molecule has 1 aromatic heterocycles. The van der Waals surface area contributed by atoms with Crippen LogP contribution in [0.5, 0.6) is 5.75 Å². The largest absolute Gasteiger partial charge is 0.492 e. The highest BCUT2D eigenvalue weighted by Gasteiger charge is 2.11. The molecule has 1 fully saturated rings. The van der Waals surface area contributed by atoms with Crippen molar-refractivity contribution >= 4 is 41.3 Å². The van der Waals surface area contributed by atoms with Gasteiger partial charge >= 0.3 is 0 Å². The molecule has 0 amide bonds. The minimum absolute atomic E-state index is 0. The van der Waals surface area contributed by atoms with Gasteiger partial charge in [0.05, 0.1) is 19.8 Å². The zero-order valence-electron chi connectivity index (χ0n) is 18.6. The number of morpholine rings is 1. The van der Waals surface area contributed by atoms with Gasteiger partial charge in [-0.15, -0.1) is 35.3 Å². The minimum Gasteiger partial charge on any atom is -0.492 e. The van der Waals surface area contributed by atoms with Crippen molar-refractivity contribution in [2.45, 2.75) is 19.9 Å². The molecule has 1 saturated heterocycles. The van der Waals surface area contributed by atoms with Crippen molar-refractivity contribution in [2.24, 2.45) is 4.99 Å². The van der Waals surface area contributed by atoms with Crippen molar-refractivity contribution in [1.29, 1.82) is 0 Å². The van der Waals surface area contributed by atoms with Gasteiger partial charge in [0, 0.05) is 50.2 Å². The van der Waals surface area contributed by atoms with E-state index in [0.717, 1.165) is 69.6 Å². The highest BCUT2D eigenvalue weighted by atomic mass is 127. The van der Waals surface area contributed by atoms with Crippen LogP contribution in [0.15, 0.2) is 46.8 Å². The van der Waals surface area contributed by atoms with Crippen molar-refractivity contribution in [3.63, 3.8) is 0 Å². The summed E-state index contributed by atoms with van der Waals surface area (Å²) >= 11 is 1.81. The minimum atomic E-state index is 0. The lowest BCUT2D eigenvalue weighted by atomic mass is 10.2. The molecule has 0 saturated carbocycles. The van der Waals surface area contributed by atoms with Gasteiger partial charge in [0.15, 0.2) is 5.96 Å². The van der Waals surface area contributed by atoms with Gasteiger partial charge < -0.3 is 19.7 Å². The maximum atomic E-state index is 6.10. The topological polar surface area (TPSA) is 49.3 Å². The van der Waals surface area contributed by atoms with Gasteiger partial charge in [-0.3, -0.25) is 4.90 Å². The highest BCUT2D eigenvalue weighted by Crippen LogP contribution is 2.19. The lowest BCUT2D eigenvalue weighted by Gasteiger charge is -2.26. The number of thiophene rings is 1. The van der Waals surface area contributed by atoms with Gasteiger partial charge in [0.25, 0.3) is 0 Å². The number of nitrogens with one attached hydrogen (secondary N) is 1. The first kappa shape index (κ1) is 25.9. The SMILES string of the molecule is CCNC(=NCc1ccccc1OCCN1CCOCC1)N(C)CCc1cccs1.I. The maximum Gasteiger partial charge on any atom is 0.193 e. The third kappa shape index (κ3) is 8.96. The Morgan fingerprint density at radius 3 is 2.77 bits per heavy atom. The molecule has 6 nitrogen and oxygen atoms in total. The van der Waals surface area contributed by atoms with Gasteiger partial charge in [-0.1, -0.05) is 24.3 Å². The molecule has 0 unspecified atom stereocenters. The molecule has 2 aromatic rings. The van der Waals surface area contributed by atoms with Crippen LogP contribution in [0.1, 0.15) is 17.4 Å². The maximum absolute atomic E-state index is 6.10. The van der Waals surface area contributed by atoms with Gasteiger partial charge in [-0.25, -0.2) is 4.99 Å². The summed E-state index contributed by atoms with van der Waals surface area (Å²) in [6, 6.07) is 12.5. The molecule has 0 radical (unpaired) electrons. The number of para-hydroxylation sites is 1. The Morgan fingerprint density at radius 1 is 1.23 bits per heavy atom. The monoisotopic (exact) mass is 558 g/mol. The second kappa shape index (κ2) is 14.7. The number of guanidine groups is 1. The van der Waals surface area contributed by atoms with E-state index in [4.69, 9.17) is 14.5 Å². The summed E-state index contributed by atoms with van der Waals surface area (Å²) in [7, 11) is 2.10. The number of benzene rings is 1. The molecule has 1 aliphatic rings. The zero-order valence-corrected chi connectivity index (χ0v) is 21.7. The number of hydrogen-bond donors (Lipinski definition) is 1. The zero-order chi connectivity index (χ0) is 21.0. The van der Waals surface area contributed by atoms with E-state index in [1.807, 2.05) is 18.2 Å². The number of likely N-dealkylation sites (N-methyl/N-ethyl adjacent to an activating group) is 1. The molecule has 1 aromatic carbocycles. The Kier molecular flexibility index (Phi) is 12.2. The Bertz CT molecular complexity index is 767. The van der Waals surface area contributed by atoms with Crippen molar-refractivity contribution < 1.29 is 9.47 Å². The first-order chi connectivity index (χ1) is 14.8. The summed E-state index contributed by atoms with van der Waals surface area (Å²) in [5.74, 6) is 1.85. The van der Waals surface area contributed by atoms with Crippen LogP contribution < -0.4 is 10.1 Å². The highest BCUT2D eigenvalue weighted by molar-refractivity contribution is 14.0. The fourth-order valence-corrected chi connectivity index (χ4v) is 4.05. The van der Waals surface area contributed by atoms with E-state index in [0.29, 0.717) is 13.2 Å². The standard InChI is InChI=1S/C23H34N4O2S.HI/c1-3-24-23(26(2)11-10-21-8-6-18-30-21)25-19-20-7-4-5-9-22(20)29-17-14-27-12-15-28-16-13-27;/h4-9,18H,3,10-17,19H2,1-2H3,(H,24,25);1H. The van der Waals surface area contributed by atoms with Crippen LogP contribution in [-0.4, -0.2) is 75.4 Å². The fourth-order valence-electron chi connectivity index (χ4n) is 3.35. The van der Waals surface area contributed by atoms with E-state index < -0.39 is 0 Å². The van der Waals surface area contributed by atoms with Gasteiger partial charge in [-0.05, 0) is 30.9 Å². The lowest BCUT2D eigenvalue weighted by Crippen LogP contribution is -2.39. The van der Waals surface area contributed by atoms with Crippen molar-refractivity contribution in [3.05, 3.63) is 52.2 Å². The molecule has 0 spiro atoms. The number of ether oxygens (including phenoxy) is 2. The number of hydrogen-bond acceptors (Lipinski definition) is 5. The van der Waals surface area contributed by atoms with Gasteiger partial charge in [0.2, 0.25) is 0 Å². The summed E-state index contributed by atoms with van der Waals surface area (Å²) in [4.78, 5) is 10.9. The first-order valence-electron chi connectivity index (χ1n) is 10.8. The molecule has 3 rings (SSSR count). The molecular weight excluding hydrogens is 523 g/mol. The molecule has 8 heteroatoms. The van der Waals surface area contributed by atoms with E-state index in [-0.39, 0.29) is 24.0 Å². The van der Waals surface area contributed by atoms with Crippen LogP contribution in [0.4, 0.5) is 0 Å². The van der Waals surface area contributed by atoms with Crippen LogP contribution in [-0.2, 0) is 17.7 Å². The predicted molar refractivity (Wildman–Crippen MR) is 140 cm³/mol. The second-order valence-electron chi connectivity index (χ2n) is 7.33. The first-order valence-corrected chi connectivity index (χ1v) is 11.7. The normalized spacial score (nSPS) is 14.7. The molecule has 0 aliphatic carbocycles. The third-order valence-corrected chi connectivity index (χ3v) is 6.05. The molecule has 1 aliphatic heterocycles. The Hall–Kier alpha value is -1.36. The van der Waals surface area contributed by atoms with Crippen LogP contribution in [0.3, 0.4) is 0 Å². The predicted octanol–water partition coefficient (Wildman–Crippen LogP) is 3.72. The summed E-state index contributed by atoms with van der Waals surface area (Å²) in [6.07, 6.45) is 1.03. The number of nitrogens with zero attached hydrogens (tertiary/aromatic N) is 3. The summed E-state index contributed by atoms with van der Waals surface area (Å²) in [5.41, 5.74) is 1.11. The van der Waals surface area contributed by atoms with Crippen molar-refractivity contribution in [2.75, 3.05) is 59.6 Å². The second-order valence-corrected chi connectivity index (χ2v) is 8.36. The Morgan fingerprint density at radius 2 is 2.03 bits per heavy atom. The average molecular weight is 559 g/mol. The van der Waals surface area contributed by atoms with E-state index in [1.165, 1.54) is 4.88 Å². The molecule has 0 atom stereocenters. The smallest absolute Gasteiger partial charge is 0.193 e. The van der Waals surface area contributed by atoms with E-state index >= 15 is 0 Å². The Labute approximate surface area is 207 Å². The van der Waals surface area contributed by atoms with Crippen molar-refractivity contribution in [1.82, 2.24) is 15.1 Å². The summed E-state index contributed by atoms with van der Waals surface area (Å²) in [6.45, 7) is 9.69. The number of aliphatic imine (C=N–C) groups is 1. The van der Waals surface area contributed by atoms with Crippen LogP contribution >= 0.6 is 35.3 Å². The molecule has 31 heavy (non-hydrogen) atoms. The van der Waals surface area contributed by atoms with Crippen LogP contribution in [0.25, 0.3) is 0 Å². The Balaban J connectivity index is 0.00000341. The number of halogens is 1. The van der Waals surface area contributed by atoms with Crippen LogP contribution in [0.2, 0.25) is 0 Å². The summed E-state index contributed by atoms with van der Waals surface area (Å²) < 4.78 is 11.5. The van der Waals surface area contributed by atoms with Crippen LogP contribution in [0, 0.1) is 0 Å². The van der Waals surface area contributed by atoms with E-state index in [2.05, 4.69) is 52.7 Å².